The van der Waals surface area contributed by atoms with Crippen LogP contribution in [0.1, 0.15) is 45.6 Å². The number of carbonyl (C=O) groups excluding carboxylic acids is 3. The average molecular weight is 402 g/mol. The van der Waals surface area contributed by atoms with Crippen LogP contribution in [0.2, 0.25) is 0 Å². The quantitative estimate of drug-likeness (QED) is 0.449. The van der Waals surface area contributed by atoms with Gasteiger partial charge >= 0.3 is 12.0 Å². The number of ether oxygens (including phenoxy) is 2. The number of hydrogen-bond donors (Lipinski definition) is 1. The van der Waals surface area contributed by atoms with Gasteiger partial charge in [-0.15, -0.1) is 0 Å². The summed E-state index contributed by atoms with van der Waals surface area (Å²) in [5.41, 5.74) is 0.0318. The maximum Gasteiger partial charge on any atom is 0.326 e. The molecular formula is C22H30N2O5. The molecule has 2 unspecified atom stereocenters. The van der Waals surface area contributed by atoms with Gasteiger partial charge in [0, 0.05) is 0 Å². The minimum absolute atomic E-state index is 0.0476. The van der Waals surface area contributed by atoms with E-state index < -0.39 is 17.5 Å². The van der Waals surface area contributed by atoms with Gasteiger partial charge in [-0.1, -0.05) is 39.0 Å². The fourth-order valence-electron chi connectivity index (χ4n) is 4.85. The van der Waals surface area contributed by atoms with Crippen molar-refractivity contribution in [2.24, 2.45) is 11.3 Å². The van der Waals surface area contributed by atoms with Crippen LogP contribution >= 0.6 is 0 Å². The number of nitrogens with zero attached hydrogens (tertiary/aromatic N) is 1. The standard InChI is InChI=1S/C22H30N2O5/c1-15-11-21(3,4)14-22(12-15)19(26)24(20(27)23-22)13-18(25)29-10-9-28-17-8-6-5-7-16(17)2/h5-8,15H,9-14H2,1-4H3,(H,23,27). The molecule has 1 aromatic rings. The van der Waals surface area contributed by atoms with Crippen molar-refractivity contribution in [1.82, 2.24) is 10.2 Å². The van der Waals surface area contributed by atoms with Crippen LogP contribution < -0.4 is 10.1 Å². The smallest absolute Gasteiger partial charge is 0.326 e. The number of urea groups is 1. The zero-order chi connectivity index (χ0) is 21.2. The number of nitrogens with one attached hydrogen (secondary N) is 1. The van der Waals surface area contributed by atoms with Crippen molar-refractivity contribution >= 4 is 17.9 Å². The van der Waals surface area contributed by atoms with E-state index >= 15 is 0 Å². The van der Waals surface area contributed by atoms with Crippen LogP contribution in [0.5, 0.6) is 5.75 Å². The molecule has 1 aliphatic carbocycles. The van der Waals surface area contributed by atoms with Gasteiger partial charge in [0.15, 0.2) is 0 Å². The monoisotopic (exact) mass is 402 g/mol. The second-order valence-corrected chi connectivity index (χ2v) is 9.09. The van der Waals surface area contributed by atoms with Crippen molar-refractivity contribution in [2.45, 2.75) is 52.5 Å². The zero-order valence-corrected chi connectivity index (χ0v) is 17.6. The first-order chi connectivity index (χ1) is 13.6. The van der Waals surface area contributed by atoms with Gasteiger partial charge in [0.2, 0.25) is 0 Å². The maximum absolute atomic E-state index is 13.0. The molecule has 158 valence electrons. The molecule has 0 bridgehead atoms. The van der Waals surface area contributed by atoms with Crippen molar-refractivity contribution in [3.05, 3.63) is 29.8 Å². The topological polar surface area (TPSA) is 84.9 Å². The van der Waals surface area contributed by atoms with Crippen molar-refractivity contribution < 1.29 is 23.9 Å². The number of rotatable bonds is 6. The van der Waals surface area contributed by atoms with E-state index in [0.29, 0.717) is 18.8 Å². The normalized spacial score (nSPS) is 25.8. The minimum atomic E-state index is -0.910. The summed E-state index contributed by atoms with van der Waals surface area (Å²) in [7, 11) is 0. The van der Waals surface area contributed by atoms with Gasteiger partial charge in [0.1, 0.15) is 31.0 Å². The first-order valence-electron chi connectivity index (χ1n) is 10.1. The first-order valence-corrected chi connectivity index (χ1v) is 10.1. The van der Waals surface area contributed by atoms with E-state index in [4.69, 9.17) is 9.47 Å². The van der Waals surface area contributed by atoms with E-state index in [-0.39, 0.29) is 31.1 Å². The lowest BCUT2D eigenvalue weighted by Gasteiger charge is -2.43. The Hall–Kier alpha value is -2.57. The molecule has 7 nitrogen and oxygen atoms in total. The first kappa shape index (κ1) is 21.1. The van der Waals surface area contributed by atoms with Crippen LogP contribution in [0.3, 0.4) is 0 Å². The Labute approximate surface area is 171 Å². The van der Waals surface area contributed by atoms with E-state index in [1.165, 1.54) is 0 Å². The molecule has 2 aliphatic rings. The Morgan fingerprint density at radius 2 is 1.93 bits per heavy atom. The molecule has 1 aromatic carbocycles. The number of para-hydroxylation sites is 1. The predicted octanol–water partition coefficient (Wildman–Crippen LogP) is 3.05. The van der Waals surface area contributed by atoms with Crippen LogP contribution in [-0.4, -0.2) is 48.1 Å². The molecular weight excluding hydrogens is 372 g/mol. The third kappa shape index (κ3) is 4.71. The van der Waals surface area contributed by atoms with E-state index in [1.807, 2.05) is 31.2 Å². The molecule has 7 heteroatoms. The molecule has 1 saturated heterocycles. The zero-order valence-electron chi connectivity index (χ0n) is 17.6. The molecule has 29 heavy (non-hydrogen) atoms. The Bertz CT molecular complexity index is 806. The summed E-state index contributed by atoms with van der Waals surface area (Å²) in [5, 5.41) is 2.86. The highest BCUT2D eigenvalue weighted by atomic mass is 16.6. The fourth-order valence-corrected chi connectivity index (χ4v) is 4.85. The molecule has 3 rings (SSSR count). The van der Waals surface area contributed by atoms with Gasteiger partial charge < -0.3 is 14.8 Å². The number of imide groups is 1. The fraction of sp³-hybridized carbons (Fsp3) is 0.591. The lowest BCUT2D eigenvalue weighted by molar-refractivity contribution is -0.149. The van der Waals surface area contributed by atoms with Crippen LogP contribution in [0, 0.1) is 18.3 Å². The molecule has 2 fully saturated rings. The van der Waals surface area contributed by atoms with Crippen LogP contribution in [0.4, 0.5) is 4.79 Å². The number of aryl methyl sites for hydroxylation is 1. The Morgan fingerprint density at radius 3 is 2.62 bits per heavy atom. The summed E-state index contributed by atoms with van der Waals surface area (Å²) >= 11 is 0. The summed E-state index contributed by atoms with van der Waals surface area (Å²) in [5.74, 6) is 0.0967. The Morgan fingerprint density at radius 1 is 1.21 bits per heavy atom. The molecule has 2 atom stereocenters. The molecule has 0 radical (unpaired) electrons. The van der Waals surface area contributed by atoms with Crippen LogP contribution in [-0.2, 0) is 14.3 Å². The van der Waals surface area contributed by atoms with Gasteiger partial charge in [-0.3, -0.25) is 14.5 Å². The number of amides is 3. The lowest BCUT2D eigenvalue weighted by atomic mass is 9.64. The third-order valence-electron chi connectivity index (χ3n) is 5.61. The highest BCUT2D eigenvalue weighted by Gasteiger charge is 2.56. The maximum atomic E-state index is 13.0. The van der Waals surface area contributed by atoms with Gasteiger partial charge in [-0.05, 0) is 49.1 Å². The van der Waals surface area contributed by atoms with E-state index in [9.17, 15) is 14.4 Å². The van der Waals surface area contributed by atoms with Gasteiger partial charge in [-0.2, -0.15) is 0 Å². The summed E-state index contributed by atoms with van der Waals surface area (Å²) in [4.78, 5) is 38.6. The minimum Gasteiger partial charge on any atom is -0.490 e. The molecule has 1 N–H and O–H groups in total. The van der Waals surface area contributed by atoms with Gasteiger partial charge in [0.05, 0.1) is 0 Å². The van der Waals surface area contributed by atoms with E-state index in [1.54, 1.807) is 0 Å². The summed E-state index contributed by atoms with van der Waals surface area (Å²) in [6.07, 6.45) is 2.17. The lowest BCUT2D eigenvalue weighted by Crippen LogP contribution is -2.54. The average Bonchev–Trinajstić information content (AvgIpc) is 2.81. The number of hydrogen-bond acceptors (Lipinski definition) is 5. The Kier molecular flexibility index (Phi) is 5.87. The van der Waals surface area contributed by atoms with Gasteiger partial charge in [-0.25, -0.2) is 4.79 Å². The second-order valence-electron chi connectivity index (χ2n) is 9.09. The highest BCUT2D eigenvalue weighted by molar-refractivity contribution is 6.08. The van der Waals surface area contributed by atoms with Crippen molar-refractivity contribution in [2.75, 3.05) is 19.8 Å². The molecule has 1 heterocycles. The van der Waals surface area contributed by atoms with Crippen molar-refractivity contribution in [3.8, 4) is 5.75 Å². The van der Waals surface area contributed by atoms with Crippen molar-refractivity contribution in [1.29, 1.82) is 0 Å². The SMILES string of the molecule is Cc1ccccc1OCCOC(=O)CN1C(=O)NC2(CC(C)CC(C)(C)C2)C1=O. The summed E-state index contributed by atoms with van der Waals surface area (Å²) in [6, 6.07) is 7.04. The number of benzene rings is 1. The third-order valence-corrected chi connectivity index (χ3v) is 5.61. The number of carbonyl (C=O) groups is 3. The van der Waals surface area contributed by atoms with Crippen LogP contribution in [0.15, 0.2) is 24.3 Å². The second kappa shape index (κ2) is 8.05. The van der Waals surface area contributed by atoms with Gasteiger partial charge in [0.25, 0.3) is 5.91 Å². The molecule has 1 spiro atoms. The summed E-state index contributed by atoms with van der Waals surface area (Å²) in [6.45, 7) is 8.10. The van der Waals surface area contributed by atoms with E-state index in [2.05, 4.69) is 26.1 Å². The number of esters is 1. The predicted molar refractivity (Wildman–Crippen MR) is 107 cm³/mol. The largest absolute Gasteiger partial charge is 0.490 e. The Balaban J connectivity index is 1.52. The molecule has 0 aromatic heterocycles. The van der Waals surface area contributed by atoms with Crippen molar-refractivity contribution in [3.63, 3.8) is 0 Å². The highest BCUT2D eigenvalue weighted by Crippen LogP contribution is 2.46. The van der Waals surface area contributed by atoms with E-state index in [0.717, 1.165) is 22.6 Å². The van der Waals surface area contributed by atoms with Crippen LogP contribution in [0.25, 0.3) is 0 Å². The molecule has 1 aliphatic heterocycles. The molecule has 3 amide bonds. The summed E-state index contributed by atoms with van der Waals surface area (Å²) < 4.78 is 10.7. The molecule has 1 saturated carbocycles.